The zero-order valence-electron chi connectivity index (χ0n) is 9.82. The third kappa shape index (κ3) is 2.60. The predicted octanol–water partition coefficient (Wildman–Crippen LogP) is 1.84. The van der Waals surface area contributed by atoms with E-state index in [-0.39, 0.29) is 0 Å². The number of nitrogens with two attached hydrogens (primary N) is 1. The molecule has 0 atom stereocenters. The molecule has 2 aromatic rings. The van der Waals surface area contributed by atoms with Gasteiger partial charge < -0.3 is 15.0 Å². The third-order valence-electron chi connectivity index (χ3n) is 2.68. The van der Waals surface area contributed by atoms with Crippen molar-refractivity contribution in [2.45, 2.75) is 13.0 Å². The molecule has 0 aliphatic heterocycles. The van der Waals surface area contributed by atoms with Gasteiger partial charge in [-0.25, -0.2) is 4.98 Å². The quantitative estimate of drug-likeness (QED) is 0.885. The summed E-state index contributed by atoms with van der Waals surface area (Å²) in [7, 11) is 1.69. The van der Waals surface area contributed by atoms with Gasteiger partial charge in [-0.05, 0) is 24.7 Å². The van der Waals surface area contributed by atoms with Crippen molar-refractivity contribution in [3.8, 4) is 0 Å². The highest BCUT2D eigenvalue weighted by Gasteiger charge is 2.09. The lowest BCUT2D eigenvalue weighted by atomic mass is 10.3. The number of imidazole rings is 1. The molecule has 0 saturated heterocycles. The molecule has 1 heterocycles. The highest BCUT2D eigenvalue weighted by Crippen LogP contribution is 2.20. The van der Waals surface area contributed by atoms with Gasteiger partial charge in [0.05, 0.1) is 17.6 Å². The Morgan fingerprint density at radius 1 is 1.47 bits per heavy atom. The van der Waals surface area contributed by atoms with Crippen LogP contribution >= 0.6 is 11.6 Å². The fraction of sp³-hybridized carbons (Fsp3) is 0.417. The van der Waals surface area contributed by atoms with Gasteiger partial charge in [0.15, 0.2) is 0 Å². The fourth-order valence-electron chi connectivity index (χ4n) is 1.90. The lowest BCUT2D eigenvalue weighted by Gasteiger charge is -2.07. The molecule has 1 aromatic heterocycles. The highest BCUT2D eigenvalue weighted by molar-refractivity contribution is 6.31. The van der Waals surface area contributed by atoms with Crippen molar-refractivity contribution in [3.05, 3.63) is 29.0 Å². The molecule has 0 fully saturated rings. The molecule has 4 nitrogen and oxygen atoms in total. The molecule has 5 heteroatoms. The summed E-state index contributed by atoms with van der Waals surface area (Å²) >= 11 is 5.96. The van der Waals surface area contributed by atoms with Gasteiger partial charge in [0, 0.05) is 25.1 Å². The molecule has 0 radical (unpaired) electrons. The Morgan fingerprint density at radius 2 is 2.29 bits per heavy atom. The SMILES string of the molecule is COCCn1c(CCN)nc2cc(Cl)ccc21. The van der Waals surface area contributed by atoms with Crippen molar-refractivity contribution >= 4 is 22.6 Å². The number of halogens is 1. The molecule has 0 spiro atoms. The number of benzene rings is 1. The molecule has 92 valence electrons. The van der Waals surface area contributed by atoms with Crippen LogP contribution < -0.4 is 5.73 Å². The summed E-state index contributed by atoms with van der Waals surface area (Å²) in [6.07, 6.45) is 0.760. The standard InChI is InChI=1S/C12H16ClN3O/c1-17-7-6-16-11-3-2-9(13)8-10(11)15-12(16)4-5-14/h2-3,8H,4-7,14H2,1H3. The van der Waals surface area contributed by atoms with E-state index in [4.69, 9.17) is 22.1 Å². The molecule has 0 amide bonds. The Bertz CT molecular complexity index is 510. The van der Waals surface area contributed by atoms with E-state index in [2.05, 4.69) is 9.55 Å². The van der Waals surface area contributed by atoms with E-state index in [1.165, 1.54) is 0 Å². The van der Waals surface area contributed by atoms with E-state index in [0.717, 1.165) is 29.8 Å². The Balaban J connectivity index is 2.46. The smallest absolute Gasteiger partial charge is 0.111 e. The van der Waals surface area contributed by atoms with Crippen molar-refractivity contribution < 1.29 is 4.74 Å². The summed E-state index contributed by atoms with van der Waals surface area (Å²) in [5.41, 5.74) is 7.59. The lowest BCUT2D eigenvalue weighted by Crippen LogP contribution is -2.12. The first kappa shape index (κ1) is 12.4. The number of ether oxygens (including phenoxy) is 1. The van der Waals surface area contributed by atoms with Crippen LogP contribution in [0.2, 0.25) is 5.02 Å². The van der Waals surface area contributed by atoms with Gasteiger partial charge in [-0.15, -0.1) is 0 Å². The van der Waals surface area contributed by atoms with Crippen LogP contribution in [0.15, 0.2) is 18.2 Å². The first-order valence-electron chi connectivity index (χ1n) is 5.60. The second-order valence-corrected chi connectivity index (χ2v) is 4.28. The Labute approximate surface area is 105 Å². The minimum atomic E-state index is 0.587. The Morgan fingerprint density at radius 3 is 3.00 bits per heavy atom. The molecule has 2 N–H and O–H groups in total. The van der Waals surface area contributed by atoms with Crippen molar-refractivity contribution in [1.82, 2.24) is 9.55 Å². The second kappa shape index (κ2) is 5.49. The molecule has 0 aliphatic rings. The molecule has 1 aromatic carbocycles. The van der Waals surface area contributed by atoms with Gasteiger partial charge in [-0.2, -0.15) is 0 Å². The van der Waals surface area contributed by atoms with Gasteiger partial charge in [-0.3, -0.25) is 0 Å². The maximum atomic E-state index is 5.96. The number of rotatable bonds is 5. The lowest BCUT2D eigenvalue weighted by molar-refractivity contribution is 0.187. The molecule has 0 saturated carbocycles. The van der Waals surface area contributed by atoms with Gasteiger partial charge in [0.25, 0.3) is 0 Å². The summed E-state index contributed by atoms with van der Waals surface area (Å²) in [5, 5.41) is 0.702. The van der Waals surface area contributed by atoms with Crippen LogP contribution in [0.25, 0.3) is 11.0 Å². The third-order valence-corrected chi connectivity index (χ3v) is 2.91. The van der Waals surface area contributed by atoms with Crippen LogP contribution in [-0.4, -0.2) is 29.8 Å². The fourth-order valence-corrected chi connectivity index (χ4v) is 2.07. The molecule has 0 unspecified atom stereocenters. The molecule has 0 aliphatic carbocycles. The average Bonchev–Trinajstić information content (AvgIpc) is 2.63. The summed E-state index contributed by atoms with van der Waals surface area (Å²) < 4.78 is 7.26. The van der Waals surface area contributed by atoms with Gasteiger partial charge in [0.2, 0.25) is 0 Å². The van der Waals surface area contributed by atoms with E-state index in [1.54, 1.807) is 7.11 Å². The van der Waals surface area contributed by atoms with E-state index in [9.17, 15) is 0 Å². The molecule has 0 bridgehead atoms. The molecular weight excluding hydrogens is 238 g/mol. The van der Waals surface area contributed by atoms with Crippen LogP contribution in [0.5, 0.6) is 0 Å². The summed E-state index contributed by atoms with van der Waals surface area (Å²) in [6, 6.07) is 5.74. The average molecular weight is 254 g/mol. The van der Waals surface area contributed by atoms with Gasteiger partial charge in [0.1, 0.15) is 5.82 Å². The number of methoxy groups -OCH3 is 1. The molecule has 17 heavy (non-hydrogen) atoms. The second-order valence-electron chi connectivity index (χ2n) is 3.84. The minimum absolute atomic E-state index is 0.587. The monoisotopic (exact) mass is 253 g/mol. The van der Waals surface area contributed by atoms with Crippen LogP contribution in [0.3, 0.4) is 0 Å². The first-order chi connectivity index (χ1) is 8.26. The number of hydrogen-bond acceptors (Lipinski definition) is 3. The van der Waals surface area contributed by atoms with E-state index in [0.29, 0.717) is 18.2 Å². The van der Waals surface area contributed by atoms with Gasteiger partial charge >= 0.3 is 0 Å². The van der Waals surface area contributed by atoms with Crippen molar-refractivity contribution in [3.63, 3.8) is 0 Å². The summed E-state index contributed by atoms with van der Waals surface area (Å²) in [5.74, 6) is 0.988. The zero-order chi connectivity index (χ0) is 12.3. The normalized spacial score (nSPS) is 11.2. The van der Waals surface area contributed by atoms with E-state index in [1.807, 2.05) is 18.2 Å². The minimum Gasteiger partial charge on any atom is -0.383 e. The van der Waals surface area contributed by atoms with Crippen LogP contribution in [-0.2, 0) is 17.7 Å². The van der Waals surface area contributed by atoms with Gasteiger partial charge in [-0.1, -0.05) is 11.6 Å². The maximum Gasteiger partial charge on any atom is 0.111 e. The maximum absolute atomic E-state index is 5.96. The summed E-state index contributed by atoms with van der Waals surface area (Å²) in [4.78, 5) is 4.56. The topological polar surface area (TPSA) is 53.1 Å². The molecule has 2 rings (SSSR count). The Hall–Kier alpha value is -1.10. The summed E-state index contributed by atoms with van der Waals surface area (Å²) in [6.45, 7) is 2.03. The van der Waals surface area contributed by atoms with Crippen molar-refractivity contribution in [2.75, 3.05) is 20.3 Å². The van der Waals surface area contributed by atoms with Crippen LogP contribution in [0.4, 0.5) is 0 Å². The van der Waals surface area contributed by atoms with E-state index >= 15 is 0 Å². The Kier molecular flexibility index (Phi) is 3.99. The molecular formula is C12H16ClN3O. The first-order valence-corrected chi connectivity index (χ1v) is 5.97. The largest absolute Gasteiger partial charge is 0.383 e. The highest BCUT2D eigenvalue weighted by atomic mass is 35.5. The van der Waals surface area contributed by atoms with Crippen LogP contribution in [0, 0.1) is 0 Å². The number of fused-ring (bicyclic) bond motifs is 1. The zero-order valence-corrected chi connectivity index (χ0v) is 10.6. The predicted molar refractivity (Wildman–Crippen MR) is 69.4 cm³/mol. The number of nitrogens with zero attached hydrogens (tertiary/aromatic N) is 2. The van der Waals surface area contributed by atoms with Crippen LogP contribution in [0.1, 0.15) is 5.82 Å². The number of hydrogen-bond donors (Lipinski definition) is 1. The van der Waals surface area contributed by atoms with Crippen molar-refractivity contribution in [1.29, 1.82) is 0 Å². The van der Waals surface area contributed by atoms with E-state index < -0.39 is 0 Å². The number of aromatic nitrogens is 2. The van der Waals surface area contributed by atoms with Crippen molar-refractivity contribution in [2.24, 2.45) is 5.73 Å².